The molecule has 0 aromatic rings. The Morgan fingerprint density at radius 2 is 2.83 bits per heavy atom. The van der Waals surface area contributed by atoms with Gasteiger partial charge in [-0.3, -0.25) is 5.32 Å². The number of hydrogen-bond donors (Lipinski definition) is 1. The van der Waals surface area contributed by atoms with E-state index in [-0.39, 0.29) is 4.95 Å². The lowest BCUT2D eigenvalue weighted by molar-refractivity contribution is 0.245. The van der Waals surface area contributed by atoms with Crippen molar-refractivity contribution in [2.75, 3.05) is 6.73 Å². The molecule has 1 N–H and O–H groups in total. The minimum atomic E-state index is 0.262. The second kappa shape index (κ2) is 1.91. The summed E-state index contributed by atoms with van der Waals surface area (Å²) in [7, 11) is 0. The van der Waals surface area contributed by atoms with Gasteiger partial charge in [0.25, 0.3) is 0 Å². The van der Waals surface area contributed by atoms with Crippen molar-refractivity contribution >= 4 is 15.9 Å². The molecule has 0 amide bonds. The molecule has 1 saturated heterocycles. The van der Waals surface area contributed by atoms with Crippen LogP contribution in [-0.4, -0.2) is 11.7 Å². The Balaban J connectivity index is 2.18. The zero-order valence-corrected chi connectivity index (χ0v) is 4.73. The Morgan fingerprint density at radius 1 is 2.00 bits per heavy atom. The lowest BCUT2D eigenvalue weighted by Gasteiger charge is -1.88. The van der Waals surface area contributed by atoms with Gasteiger partial charge in [0, 0.05) is 0 Å². The van der Waals surface area contributed by atoms with E-state index >= 15 is 0 Å². The minimum Gasteiger partial charge on any atom is -0.358 e. The van der Waals surface area contributed by atoms with Crippen LogP contribution in [0, 0.1) is 6.61 Å². The maximum atomic E-state index is 4.77. The van der Waals surface area contributed by atoms with E-state index in [0.717, 1.165) is 0 Å². The zero-order chi connectivity index (χ0) is 4.41. The number of alkyl halides is 1. The van der Waals surface area contributed by atoms with Gasteiger partial charge in [-0.15, -0.1) is 0 Å². The van der Waals surface area contributed by atoms with Gasteiger partial charge < -0.3 is 4.74 Å². The third-order valence-corrected chi connectivity index (χ3v) is 1.12. The summed E-state index contributed by atoms with van der Waals surface area (Å²) < 4.78 is 4.77. The van der Waals surface area contributed by atoms with E-state index in [2.05, 4.69) is 21.2 Å². The molecule has 1 radical (unpaired) electrons. The Kier molecular flexibility index (Phi) is 1.45. The Bertz CT molecular complexity index is 44.1. The van der Waals surface area contributed by atoms with Crippen molar-refractivity contribution in [1.82, 2.24) is 5.32 Å². The second-order valence-corrected chi connectivity index (χ2v) is 2.04. The van der Waals surface area contributed by atoms with E-state index in [0.29, 0.717) is 6.73 Å². The Hall–Kier alpha value is 0.400. The number of hydrogen-bond acceptors (Lipinski definition) is 2. The summed E-state index contributed by atoms with van der Waals surface area (Å²) in [5.74, 6) is 0. The normalized spacial score (nSPS) is 34.5. The first-order valence-corrected chi connectivity index (χ1v) is 2.63. The van der Waals surface area contributed by atoms with Gasteiger partial charge in [-0.1, -0.05) is 15.9 Å². The van der Waals surface area contributed by atoms with E-state index in [1.165, 1.54) is 0 Å². The predicted octanol–water partition coefficient (Wildman–Crippen LogP) is 0.446. The summed E-state index contributed by atoms with van der Waals surface area (Å²) >= 11 is 3.25. The topological polar surface area (TPSA) is 21.3 Å². The molecule has 0 aliphatic carbocycles. The molecule has 0 saturated carbocycles. The average Bonchev–Trinajstić information content (AvgIpc) is 1.86. The summed E-state index contributed by atoms with van der Waals surface area (Å²) in [4.78, 5) is 0.262. The van der Waals surface area contributed by atoms with Crippen LogP contribution in [0.2, 0.25) is 0 Å². The molecular formula is C3H5BrNO. The van der Waals surface area contributed by atoms with Gasteiger partial charge in [0.1, 0.15) is 6.61 Å². The van der Waals surface area contributed by atoms with Crippen LogP contribution >= 0.6 is 15.9 Å². The summed E-state index contributed by atoms with van der Waals surface area (Å²) in [5, 5.41) is 2.96. The first-order valence-electron chi connectivity index (χ1n) is 1.72. The molecule has 35 valence electrons. The molecule has 0 bridgehead atoms. The molecule has 0 aromatic heterocycles. The molecule has 1 unspecified atom stereocenters. The lowest BCUT2D eigenvalue weighted by Crippen LogP contribution is -2.13. The van der Waals surface area contributed by atoms with Crippen molar-refractivity contribution in [3.8, 4) is 0 Å². The van der Waals surface area contributed by atoms with E-state index < -0.39 is 0 Å². The molecule has 2 nitrogen and oxygen atoms in total. The molecular weight excluding hydrogens is 146 g/mol. The van der Waals surface area contributed by atoms with E-state index in [4.69, 9.17) is 4.74 Å². The monoisotopic (exact) mass is 150 g/mol. The first-order chi connectivity index (χ1) is 2.89. The second-order valence-electron chi connectivity index (χ2n) is 1.05. The number of nitrogens with one attached hydrogen (secondary N) is 1. The van der Waals surface area contributed by atoms with Crippen molar-refractivity contribution in [3.63, 3.8) is 0 Å². The summed E-state index contributed by atoms with van der Waals surface area (Å²) in [6, 6.07) is 0. The van der Waals surface area contributed by atoms with Crippen molar-refractivity contribution in [2.45, 2.75) is 4.95 Å². The van der Waals surface area contributed by atoms with Crippen LogP contribution in [0.15, 0.2) is 0 Å². The van der Waals surface area contributed by atoms with Gasteiger partial charge in [0.15, 0.2) is 0 Å². The van der Waals surface area contributed by atoms with Gasteiger partial charge in [-0.2, -0.15) is 0 Å². The van der Waals surface area contributed by atoms with Gasteiger partial charge in [0.05, 0.1) is 11.7 Å². The molecule has 1 aliphatic rings. The average molecular weight is 151 g/mol. The predicted molar refractivity (Wildman–Crippen MR) is 26.1 cm³/mol. The third kappa shape index (κ3) is 0.929. The van der Waals surface area contributed by atoms with Crippen LogP contribution < -0.4 is 5.32 Å². The summed E-state index contributed by atoms with van der Waals surface area (Å²) in [6.07, 6.45) is 0. The summed E-state index contributed by atoms with van der Waals surface area (Å²) in [6.45, 7) is 2.34. The minimum absolute atomic E-state index is 0.262. The molecule has 1 fully saturated rings. The highest BCUT2D eigenvalue weighted by Gasteiger charge is 2.08. The van der Waals surface area contributed by atoms with Crippen LogP contribution in [-0.2, 0) is 4.74 Å². The standard InChI is InChI=1S/C3H5BrNO/c4-3-1-6-2-5-3/h1,3,5H,2H2. The van der Waals surface area contributed by atoms with Crippen molar-refractivity contribution in [1.29, 1.82) is 0 Å². The van der Waals surface area contributed by atoms with Crippen LogP contribution in [0.25, 0.3) is 0 Å². The highest BCUT2D eigenvalue weighted by molar-refractivity contribution is 9.09. The van der Waals surface area contributed by atoms with Crippen molar-refractivity contribution in [3.05, 3.63) is 6.61 Å². The quantitative estimate of drug-likeness (QED) is 0.400. The van der Waals surface area contributed by atoms with Crippen molar-refractivity contribution < 1.29 is 4.74 Å². The lowest BCUT2D eigenvalue weighted by atomic mass is 10.7. The molecule has 1 heterocycles. The molecule has 0 spiro atoms. The fourth-order valence-electron chi connectivity index (χ4n) is 0.308. The maximum absolute atomic E-state index is 4.77. The van der Waals surface area contributed by atoms with Gasteiger partial charge in [-0.25, -0.2) is 0 Å². The fraction of sp³-hybridized carbons (Fsp3) is 0.667. The van der Waals surface area contributed by atoms with E-state index in [1.54, 1.807) is 6.61 Å². The molecule has 1 atom stereocenters. The molecule has 3 heteroatoms. The number of rotatable bonds is 0. The fourth-order valence-corrected chi connectivity index (χ4v) is 0.593. The van der Waals surface area contributed by atoms with Crippen LogP contribution in [0.4, 0.5) is 0 Å². The molecule has 1 aliphatic heterocycles. The van der Waals surface area contributed by atoms with Gasteiger partial charge in [0.2, 0.25) is 0 Å². The molecule has 6 heavy (non-hydrogen) atoms. The van der Waals surface area contributed by atoms with E-state index in [9.17, 15) is 0 Å². The number of halogens is 1. The first kappa shape index (κ1) is 4.56. The van der Waals surface area contributed by atoms with Crippen molar-refractivity contribution in [2.24, 2.45) is 0 Å². The summed E-state index contributed by atoms with van der Waals surface area (Å²) in [5.41, 5.74) is 0. The van der Waals surface area contributed by atoms with Crippen LogP contribution in [0.5, 0.6) is 0 Å². The van der Waals surface area contributed by atoms with E-state index in [1.807, 2.05) is 0 Å². The highest BCUT2D eigenvalue weighted by Crippen LogP contribution is 2.04. The smallest absolute Gasteiger partial charge is 0.113 e. The third-order valence-electron chi connectivity index (χ3n) is 0.577. The SMILES string of the molecule is BrC1[CH]OCN1. The molecule has 0 aromatic carbocycles. The Labute approximate surface area is 45.0 Å². The maximum Gasteiger partial charge on any atom is 0.113 e. The zero-order valence-electron chi connectivity index (χ0n) is 3.15. The largest absolute Gasteiger partial charge is 0.358 e. The highest BCUT2D eigenvalue weighted by atomic mass is 79.9. The molecule has 1 rings (SSSR count). The van der Waals surface area contributed by atoms with Crippen LogP contribution in [0.1, 0.15) is 0 Å². The van der Waals surface area contributed by atoms with Crippen LogP contribution in [0.3, 0.4) is 0 Å². The van der Waals surface area contributed by atoms with Gasteiger partial charge in [-0.05, 0) is 0 Å². The number of ether oxygens (including phenoxy) is 1. The van der Waals surface area contributed by atoms with Gasteiger partial charge >= 0.3 is 0 Å². The Morgan fingerprint density at radius 3 is 3.00 bits per heavy atom.